The number of hydrogen-bond acceptors (Lipinski definition) is 5. The highest BCUT2D eigenvalue weighted by Gasteiger charge is 2.33. The number of amides is 1. The molecule has 0 spiro atoms. The molecule has 0 saturated heterocycles. The van der Waals surface area contributed by atoms with Crippen molar-refractivity contribution in [3.63, 3.8) is 0 Å². The summed E-state index contributed by atoms with van der Waals surface area (Å²) in [6.45, 7) is 3.65. The Kier molecular flexibility index (Phi) is 18.7. The molecule has 9 heteroatoms. The van der Waals surface area contributed by atoms with Gasteiger partial charge in [0.15, 0.2) is 5.25 Å². The second-order valence-corrected chi connectivity index (χ2v) is 9.70. The summed E-state index contributed by atoms with van der Waals surface area (Å²) >= 11 is 0. The molecule has 0 fully saturated rings. The number of unbranched alkanes of at least 4 members (excludes halogenated alkanes) is 12. The fraction of sp³-hybridized carbons (Fsp3) is 0.909. The van der Waals surface area contributed by atoms with Gasteiger partial charge < -0.3 is 15.2 Å². The van der Waals surface area contributed by atoms with Gasteiger partial charge in [-0.15, -0.1) is 0 Å². The zero-order chi connectivity index (χ0) is 23.4. The first kappa shape index (κ1) is 29.8. The number of carboxylic acid groups (broad SMARTS) is 1. The van der Waals surface area contributed by atoms with Crippen molar-refractivity contribution in [2.24, 2.45) is 0 Å². The Morgan fingerprint density at radius 3 is 1.71 bits per heavy atom. The van der Waals surface area contributed by atoms with Gasteiger partial charge in [0.25, 0.3) is 10.1 Å². The van der Waals surface area contributed by atoms with E-state index < -0.39 is 33.7 Å². The summed E-state index contributed by atoms with van der Waals surface area (Å²) < 4.78 is 36.2. The maximum Gasteiger partial charge on any atom is 0.324 e. The molecule has 1 amide bonds. The van der Waals surface area contributed by atoms with Gasteiger partial charge in [0.2, 0.25) is 5.91 Å². The van der Waals surface area contributed by atoms with Crippen molar-refractivity contribution in [1.82, 2.24) is 5.32 Å². The highest BCUT2D eigenvalue weighted by Crippen LogP contribution is 2.12. The van der Waals surface area contributed by atoms with E-state index in [0.29, 0.717) is 19.6 Å². The van der Waals surface area contributed by atoms with Crippen LogP contribution < -0.4 is 5.32 Å². The van der Waals surface area contributed by atoms with Gasteiger partial charge in [0, 0.05) is 19.8 Å². The van der Waals surface area contributed by atoms with E-state index in [1.54, 1.807) is 0 Å². The summed E-state index contributed by atoms with van der Waals surface area (Å²) in [5.41, 5.74) is 0. The molecule has 0 heterocycles. The molecular weight excluding hydrogens is 422 g/mol. The summed E-state index contributed by atoms with van der Waals surface area (Å²) in [4.78, 5) is 22.4. The summed E-state index contributed by atoms with van der Waals surface area (Å²) in [7, 11) is -4.81. The van der Waals surface area contributed by atoms with Gasteiger partial charge in [-0.25, -0.2) is 0 Å². The normalized spacial score (nSPS) is 12.6. The molecule has 0 radical (unpaired) electrons. The van der Waals surface area contributed by atoms with Crippen LogP contribution in [0.2, 0.25) is 0 Å². The van der Waals surface area contributed by atoms with Crippen LogP contribution in [0.4, 0.5) is 0 Å². The van der Waals surface area contributed by atoms with E-state index in [9.17, 15) is 18.0 Å². The second kappa shape index (κ2) is 19.5. The van der Waals surface area contributed by atoms with Gasteiger partial charge in [-0.1, -0.05) is 84.0 Å². The van der Waals surface area contributed by atoms with Crippen molar-refractivity contribution in [2.75, 3.05) is 19.8 Å². The molecular formula is C22H43NO7S. The molecule has 8 nitrogen and oxygen atoms in total. The van der Waals surface area contributed by atoms with E-state index in [1.807, 2.05) is 0 Å². The Morgan fingerprint density at radius 1 is 0.806 bits per heavy atom. The maximum absolute atomic E-state index is 11.6. The lowest BCUT2D eigenvalue weighted by Gasteiger charge is -2.10. The number of aliphatic carboxylic acids is 1. The topological polar surface area (TPSA) is 130 Å². The average Bonchev–Trinajstić information content (AvgIpc) is 2.70. The van der Waals surface area contributed by atoms with E-state index in [4.69, 9.17) is 14.4 Å². The number of rotatable bonds is 22. The molecule has 31 heavy (non-hydrogen) atoms. The van der Waals surface area contributed by atoms with Gasteiger partial charge >= 0.3 is 5.97 Å². The molecule has 0 rings (SSSR count). The molecule has 0 aromatic rings. The van der Waals surface area contributed by atoms with E-state index in [2.05, 4.69) is 12.2 Å². The van der Waals surface area contributed by atoms with Crippen LogP contribution in [0.15, 0.2) is 0 Å². The molecule has 0 aliphatic rings. The Balaban J connectivity index is 3.40. The highest BCUT2D eigenvalue weighted by molar-refractivity contribution is 7.87. The minimum atomic E-state index is -4.81. The van der Waals surface area contributed by atoms with E-state index in [-0.39, 0.29) is 6.54 Å². The van der Waals surface area contributed by atoms with Gasteiger partial charge in [-0.3, -0.25) is 14.1 Å². The van der Waals surface area contributed by atoms with Crippen molar-refractivity contribution in [3.8, 4) is 0 Å². The Bertz CT molecular complexity index is 566. The van der Waals surface area contributed by atoms with Crippen LogP contribution in [-0.2, 0) is 24.4 Å². The molecule has 0 aliphatic heterocycles. The summed E-state index contributed by atoms with van der Waals surface area (Å²) in [6.07, 6.45) is 16.6. The van der Waals surface area contributed by atoms with Crippen LogP contribution in [0, 0.1) is 0 Å². The minimum absolute atomic E-state index is 0.259. The Hall–Kier alpha value is -1.19. The van der Waals surface area contributed by atoms with Crippen molar-refractivity contribution in [3.05, 3.63) is 0 Å². The number of ether oxygens (including phenoxy) is 1. The van der Waals surface area contributed by atoms with Gasteiger partial charge in [-0.05, 0) is 12.8 Å². The number of carboxylic acids is 1. The predicted molar refractivity (Wildman–Crippen MR) is 122 cm³/mol. The SMILES string of the molecule is CCCCCCCCCCCCCCCOCCCNC(=O)CC(C(=O)O)S(=O)(=O)O. The Morgan fingerprint density at radius 2 is 1.26 bits per heavy atom. The van der Waals surface area contributed by atoms with Crippen molar-refractivity contribution < 1.29 is 32.4 Å². The fourth-order valence-electron chi connectivity index (χ4n) is 3.29. The summed E-state index contributed by atoms with van der Waals surface area (Å²) in [5.74, 6) is -2.49. The lowest BCUT2D eigenvalue weighted by Crippen LogP contribution is -2.36. The number of nitrogens with one attached hydrogen (secondary N) is 1. The zero-order valence-corrected chi connectivity index (χ0v) is 20.0. The maximum atomic E-state index is 11.6. The first-order valence-corrected chi connectivity index (χ1v) is 13.3. The third kappa shape index (κ3) is 19.2. The van der Waals surface area contributed by atoms with Gasteiger partial charge in [-0.2, -0.15) is 8.42 Å². The monoisotopic (exact) mass is 465 g/mol. The molecule has 1 atom stereocenters. The molecule has 0 aromatic carbocycles. The van der Waals surface area contributed by atoms with Crippen LogP contribution in [0.5, 0.6) is 0 Å². The van der Waals surface area contributed by atoms with Crippen LogP contribution in [0.1, 0.15) is 103 Å². The summed E-state index contributed by atoms with van der Waals surface area (Å²) in [5, 5.41) is 9.04. The molecule has 1 unspecified atom stereocenters. The summed E-state index contributed by atoms with van der Waals surface area (Å²) in [6, 6.07) is 0. The largest absolute Gasteiger partial charge is 0.480 e. The van der Waals surface area contributed by atoms with Crippen molar-refractivity contribution in [2.45, 2.75) is 108 Å². The van der Waals surface area contributed by atoms with E-state index in [1.165, 1.54) is 70.6 Å². The zero-order valence-electron chi connectivity index (χ0n) is 19.1. The van der Waals surface area contributed by atoms with Gasteiger partial charge in [0.1, 0.15) is 0 Å². The van der Waals surface area contributed by atoms with Crippen molar-refractivity contribution >= 4 is 22.0 Å². The fourth-order valence-corrected chi connectivity index (χ4v) is 3.90. The van der Waals surface area contributed by atoms with Crippen molar-refractivity contribution in [1.29, 1.82) is 0 Å². The predicted octanol–water partition coefficient (Wildman–Crippen LogP) is 4.33. The minimum Gasteiger partial charge on any atom is -0.480 e. The lowest BCUT2D eigenvalue weighted by molar-refractivity contribution is -0.138. The second-order valence-electron chi connectivity index (χ2n) is 8.10. The third-order valence-electron chi connectivity index (χ3n) is 5.19. The van der Waals surface area contributed by atoms with Gasteiger partial charge in [0.05, 0.1) is 6.42 Å². The number of carbonyl (C=O) groups excluding carboxylic acids is 1. The third-order valence-corrected chi connectivity index (χ3v) is 6.27. The Labute approximate surface area is 188 Å². The molecule has 184 valence electrons. The van der Waals surface area contributed by atoms with Crippen LogP contribution in [-0.4, -0.2) is 55.0 Å². The highest BCUT2D eigenvalue weighted by atomic mass is 32.2. The average molecular weight is 466 g/mol. The molecule has 0 bridgehead atoms. The molecule has 3 N–H and O–H groups in total. The standard InChI is InChI=1S/C22H43NO7S/c1-2-3-4-5-6-7-8-9-10-11-12-13-14-17-30-18-15-16-23-21(24)19-20(22(25)26)31(27,28)29/h20H,2-19H2,1H3,(H,23,24)(H,25,26)(H,27,28,29). The molecule has 0 aliphatic carbocycles. The van der Waals surface area contributed by atoms with Crippen LogP contribution in [0.3, 0.4) is 0 Å². The molecule has 0 aromatic heterocycles. The number of carbonyl (C=O) groups is 2. The van der Waals surface area contributed by atoms with Crippen LogP contribution in [0.25, 0.3) is 0 Å². The quantitative estimate of drug-likeness (QED) is 0.160. The number of hydrogen-bond donors (Lipinski definition) is 3. The first-order valence-electron chi connectivity index (χ1n) is 11.8. The van der Waals surface area contributed by atoms with Crippen LogP contribution >= 0.6 is 0 Å². The van der Waals surface area contributed by atoms with E-state index >= 15 is 0 Å². The smallest absolute Gasteiger partial charge is 0.324 e. The lowest BCUT2D eigenvalue weighted by atomic mass is 10.0. The first-order chi connectivity index (χ1) is 14.8. The molecule has 0 saturated carbocycles. The van der Waals surface area contributed by atoms with E-state index in [0.717, 1.165) is 12.8 Å².